The molecule has 1 aliphatic rings. The lowest BCUT2D eigenvalue weighted by Crippen LogP contribution is -2.06. The number of hydrogen-bond donors (Lipinski definition) is 0. The summed E-state index contributed by atoms with van der Waals surface area (Å²) in [6.45, 7) is 0. The Labute approximate surface area is 94.5 Å². The van der Waals surface area contributed by atoms with Crippen LogP contribution in [0.25, 0.3) is 5.57 Å². The van der Waals surface area contributed by atoms with Gasteiger partial charge in [-0.1, -0.05) is 6.07 Å². The van der Waals surface area contributed by atoms with E-state index in [0.717, 1.165) is 12.1 Å². The van der Waals surface area contributed by atoms with Gasteiger partial charge in [-0.05, 0) is 12.1 Å². The van der Waals surface area contributed by atoms with Gasteiger partial charge in [0.25, 0.3) is 0 Å². The SMILES string of the molecule is O=CC1=CS(=O)(=O)c2cc(C(F)(F)F)ccc21. The molecular weight excluding hydrogens is 257 g/mol. The van der Waals surface area contributed by atoms with Crippen molar-refractivity contribution in [2.24, 2.45) is 0 Å². The normalized spacial score (nSPS) is 17.5. The van der Waals surface area contributed by atoms with E-state index in [1.165, 1.54) is 0 Å². The second-order valence-corrected chi connectivity index (χ2v) is 5.21. The van der Waals surface area contributed by atoms with Crippen molar-refractivity contribution in [2.45, 2.75) is 11.1 Å². The monoisotopic (exact) mass is 262 g/mol. The number of carbonyl (C=O) groups is 1. The molecule has 0 fully saturated rings. The summed E-state index contributed by atoms with van der Waals surface area (Å²) in [7, 11) is -3.94. The average molecular weight is 262 g/mol. The summed E-state index contributed by atoms with van der Waals surface area (Å²) in [5.74, 6) is 0. The molecule has 1 heterocycles. The van der Waals surface area contributed by atoms with Gasteiger partial charge in [0.15, 0.2) is 6.29 Å². The van der Waals surface area contributed by atoms with Crippen molar-refractivity contribution < 1.29 is 26.4 Å². The van der Waals surface area contributed by atoms with Gasteiger partial charge in [-0.2, -0.15) is 13.2 Å². The summed E-state index contributed by atoms with van der Waals surface area (Å²) >= 11 is 0. The van der Waals surface area contributed by atoms with E-state index < -0.39 is 26.5 Å². The molecule has 0 aromatic heterocycles. The second kappa shape index (κ2) is 3.43. The zero-order chi connectivity index (χ0) is 12.8. The Morgan fingerprint density at radius 2 is 1.82 bits per heavy atom. The molecule has 0 saturated heterocycles. The first-order valence-electron chi connectivity index (χ1n) is 4.39. The van der Waals surface area contributed by atoms with Crippen LogP contribution in [0.1, 0.15) is 11.1 Å². The fourth-order valence-corrected chi connectivity index (χ4v) is 2.99. The highest BCUT2D eigenvalue weighted by molar-refractivity contribution is 7.95. The van der Waals surface area contributed by atoms with Crippen LogP contribution in [-0.4, -0.2) is 14.7 Å². The van der Waals surface area contributed by atoms with Crippen LogP contribution in [0.3, 0.4) is 0 Å². The van der Waals surface area contributed by atoms with Crippen LogP contribution in [0, 0.1) is 0 Å². The number of alkyl halides is 3. The third-order valence-electron chi connectivity index (χ3n) is 2.34. The average Bonchev–Trinajstić information content (AvgIpc) is 2.49. The standard InChI is InChI=1S/C10H5F3O3S/c11-10(12,13)7-1-2-8-6(4-14)5-17(15,16)9(8)3-7/h1-5H. The highest BCUT2D eigenvalue weighted by Crippen LogP contribution is 2.37. The van der Waals surface area contributed by atoms with Crippen molar-refractivity contribution in [2.75, 3.05) is 0 Å². The molecule has 1 aliphatic heterocycles. The topological polar surface area (TPSA) is 51.2 Å². The van der Waals surface area contributed by atoms with Crippen LogP contribution in [0.2, 0.25) is 0 Å². The highest BCUT2D eigenvalue weighted by Gasteiger charge is 2.34. The number of halogens is 3. The summed E-state index contributed by atoms with van der Waals surface area (Å²) in [6, 6.07) is 2.28. The van der Waals surface area contributed by atoms with E-state index in [1.807, 2.05) is 0 Å². The zero-order valence-corrected chi connectivity index (χ0v) is 8.97. The predicted octanol–water partition coefficient (Wildman–Crippen LogP) is 2.03. The lowest BCUT2D eigenvalue weighted by Gasteiger charge is -2.08. The molecule has 17 heavy (non-hydrogen) atoms. The number of rotatable bonds is 1. The molecule has 0 unspecified atom stereocenters. The molecule has 3 nitrogen and oxygen atoms in total. The lowest BCUT2D eigenvalue weighted by molar-refractivity contribution is -0.137. The van der Waals surface area contributed by atoms with E-state index in [4.69, 9.17) is 0 Å². The van der Waals surface area contributed by atoms with Crippen molar-refractivity contribution >= 4 is 21.7 Å². The third-order valence-corrected chi connectivity index (χ3v) is 3.85. The van der Waals surface area contributed by atoms with Crippen LogP contribution < -0.4 is 0 Å². The van der Waals surface area contributed by atoms with Crippen molar-refractivity contribution in [3.05, 3.63) is 34.7 Å². The van der Waals surface area contributed by atoms with Crippen LogP contribution in [0.4, 0.5) is 13.2 Å². The van der Waals surface area contributed by atoms with Gasteiger partial charge in [0, 0.05) is 16.5 Å². The summed E-state index contributed by atoms with van der Waals surface area (Å²) in [6.07, 6.45) is -4.31. The maximum Gasteiger partial charge on any atom is 0.416 e. The van der Waals surface area contributed by atoms with Gasteiger partial charge in [-0.15, -0.1) is 0 Å². The Balaban J connectivity index is 2.70. The summed E-state index contributed by atoms with van der Waals surface area (Å²) in [4.78, 5) is 10.1. The van der Waals surface area contributed by atoms with Crippen LogP contribution in [0.15, 0.2) is 28.5 Å². The first kappa shape index (κ1) is 11.8. The minimum Gasteiger partial charge on any atom is -0.298 e. The number of carbonyl (C=O) groups excluding carboxylic acids is 1. The van der Waals surface area contributed by atoms with Gasteiger partial charge >= 0.3 is 6.18 Å². The molecule has 0 spiro atoms. The molecule has 2 rings (SSSR count). The Bertz CT molecular complexity index is 627. The lowest BCUT2D eigenvalue weighted by atomic mass is 10.1. The van der Waals surface area contributed by atoms with Crippen molar-refractivity contribution in [1.29, 1.82) is 0 Å². The Morgan fingerprint density at radius 3 is 2.35 bits per heavy atom. The van der Waals surface area contributed by atoms with Crippen LogP contribution >= 0.6 is 0 Å². The van der Waals surface area contributed by atoms with E-state index in [2.05, 4.69) is 0 Å². The van der Waals surface area contributed by atoms with E-state index in [1.54, 1.807) is 0 Å². The Kier molecular flexibility index (Phi) is 2.39. The summed E-state index contributed by atoms with van der Waals surface area (Å²) < 4.78 is 60.2. The number of allylic oxidation sites excluding steroid dienone is 1. The van der Waals surface area contributed by atoms with Crippen molar-refractivity contribution in [1.82, 2.24) is 0 Å². The first-order valence-corrected chi connectivity index (χ1v) is 5.94. The molecule has 0 aliphatic carbocycles. The summed E-state index contributed by atoms with van der Waals surface area (Å²) in [5, 5.41) is 0.671. The minimum absolute atomic E-state index is 0.00741. The Hall–Kier alpha value is -1.63. The maximum absolute atomic E-state index is 12.4. The largest absolute Gasteiger partial charge is 0.416 e. The second-order valence-electron chi connectivity index (χ2n) is 3.44. The molecule has 1 aromatic carbocycles. The molecule has 0 bridgehead atoms. The van der Waals surface area contributed by atoms with E-state index >= 15 is 0 Å². The highest BCUT2D eigenvalue weighted by atomic mass is 32.2. The van der Waals surface area contributed by atoms with Crippen molar-refractivity contribution in [3.8, 4) is 0 Å². The minimum atomic E-state index is -4.62. The van der Waals surface area contributed by atoms with Crippen LogP contribution in [-0.2, 0) is 20.8 Å². The van der Waals surface area contributed by atoms with Gasteiger partial charge in [0.1, 0.15) is 0 Å². The molecule has 7 heteroatoms. The number of hydrogen-bond acceptors (Lipinski definition) is 3. The van der Waals surface area contributed by atoms with E-state index in [-0.39, 0.29) is 11.1 Å². The van der Waals surface area contributed by atoms with Gasteiger partial charge in [-0.25, -0.2) is 8.42 Å². The fourth-order valence-electron chi connectivity index (χ4n) is 1.56. The Morgan fingerprint density at radius 1 is 1.18 bits per heavy atom. The number of fused-ring (bicyclic) bond motifs is 1. The molecule has 0 saturated carbocycles. The van der Waals surface area contributed by atoms with Gasteiger partial charge in [0.05, 0.1) is 10.5 Å². The predicted molar refractivity (Wildman–Crippen MR) is 52.7 cm³/mol. The third kappa shape index (κ3) is 1.86. The fraction of sp³-hybridized carbons (Fsp3) is 0.100. The van der Waals surface area contributed by atoms with Gasteiger partial charge in [0.2, 0.25) is 9.84 Å². The van der Waals surface area contributed by atoms with Crippen molar-refractivity contribution in [3.63, 3.8) is 0 Å². The summed E-state index contributed by atoms with van der Waals surface area (Å²) in [5.41, 5.74) is -1.18. The molecule has 0 N–H and O–H groups in total. The molecule has 0 atom stereocenters. The maximum atomic E-state index is 12.4. The number of sulfone groups is 1. The molecule has 90 valence electrons. The van der Waals surface area contributed by atoms with Crippen LogP contribution in [0.5, 0.6) is 0 Å². The zero-order valence-electron chi connectivity index (χ0n) is 8.15. The molecular formula is C10H5F3O3S. The van der Waals surface area contributed by atoms with E-state index in [9.17, 15) is 26.4 Å². The number of aldehydes is 1. The first-order chi connectivity index (χ1) is 7.75. The molecule has 0 radical (unpaired) electrons. The van der Waals surface area contributed by atoms with E-state index in [0.29, 0.717) is 17.8 Å². The quantitative estimate of drug-likeness (QED) is 0.728. The van der Waals surface area contributed by atoms with Gasteiger partial charge < -0.3 is 0 Å². The number of benzene rings is 1. The smallest absolute Gasteiger partial charge is 0.298 e. The van der Waals surface area contributed by atoms with Gasteiger partial charge in [-0.3, -0.25) is 4.79 Å². The molecule has 0 amide bonds. The molecule has 1 aromatic rings.